The molecule has 0 fully saturated rings. The summed E-state index contributed by atoms with van der Waals surface area (Å²) in [6.45, 7) is 5.00. The highest BCUT2D eigenvalue weighted by atomic mass is 19.4. The fourth-order valence-electron chi connectivity index (χ4n) is 2.45. The number of carbonyl (C=O) groups excluding carboxylic acids is 2. The standard InChI is InChI=1S/C16H19F3N2O3/c1-15(2,3)24-14(23)21-9-11(20-13(22)16(17,18)19)8-10-6-4-5-7-12(10)21/h4-7,11H,8-9H2,1-3H3,(H,20,22)/t11-/m1/s1. The monoisotopic (exact) mass is 344 g/mol. The maximum absolute atomic E-state index is 12.5. The van der Waals surface area contributed by atoms with Crippen LogP contribution in [-0.2, 0) is 16.0 Å². The van der Waals surface area contributed by atoms with Gasteiger partial charge in [0, 0.05) is 6.54 Å². The number of hydrogen-bond acceptors (Lipinski definition) is 3. The molecule has 24 heavy (non-hydrogen) atoms. The lowest BCUT2D eigenvalue weighted by Crippen LogP contribution is -2.53. The molecule has 1 aliphatic heterocycles. The van der Waals surface area contributed by atoms with Gasteiger partial charge in [-0.2, -0.15) is 13.2 Å². The number of carbonyl (C=O) groups is 2. The van der Waals surface area contributed by atoms with Crippen molar-refractivity contribution in [3.05, 3.63) is 29.8 Å². The molecule has 1 atom stereocenters. The minimum Gasteiger partial charge on any atom is -0.443 e. The minimum atomic E-state index is -4.96. The molecule has 1 heterocycles. The average molecular weight is 344 g/mol. The van der Waals surface area contributed by atoms with Crippen LogP contribution in [0.2, 0.25) is 0 Å². The number of rotatable bonds is 1. The van der Waals surface area contributed by atoms with Crippen molar-refractivity contribution in [1.29, 1.82) is 0 Å². The van der Waals surface area contributed by atoms with Gasteiger partial charge in [0.05, 0.1) is 11.7 Å². The highest BCUT2D eigenvalue weighted by Gasteiger charge is 2.41. The third-order valence-corrected chi connectivity index (χ3v) is 3.36. The van der Waals surface area contributed by atoms with Gasteiger partial charge in [-0.15, -0.1) is 0 Å². The maximum atomic E-state index is 12.5. The number of fused-ring (bicyclic) bond motifs is 1. The summed E-state index contributed by atoms with van der Waals surface area (Å²) in [5.74, 6) is -2.02. The van der Waals surface area contributed by atoms with E-state index in [1.807, 2.05) is 5.32 Å². The average Bonchev–Trinajstić information content (AvgIpc) is 2.43. The Hall–Kier alpha value is -2.25. The number of amides is 2. The van der Waals surface area contributed by atoms with Crippen molar-refractivity contribution in [1.82, 2.24) is 5.32 Å². The van der Waals surface area contributed by atoms with Crippen molar-refractivity contribution in [2.75, 3.05) is 11.4 Å². The van der Waals surface area contributed by atoms with Crippen molar-refractivity contribution in [3.63, 3.8) is 0 Å². The maximum Gasteiger partial charge on any atom is 0.471 e. The lowest BCUT2D eigenvalue weighted by molar-refractivity contribution is -0.174. The number of benzene rings is 1. The van der Waals surface area contributed by atoms with E-state index in [9.17, 15) is 22.8 Å². The zero-order valence-corrected chi connectivity index (χ0v) is 13.6. The number of hydrogen-bond donors (Lipinski definition) is 1. The van der Waals surface area contributed by atoms with Crippen LogP contribution in [0.15, 0.2) is 24.3 Å². The van der Waals surface area contributed by atoms with E-state index in [0.717, 1.165) is 0 Å². The number of ether oxygens (including phenoxy) is 1. The molecule has 0 aromatic heterocycles. The Labute approximate surface area is 137 Å². The molecule has 0 bridgehead atoms. The van der Waals surface area contributed by atoms with Gasteiger partial charge in [-0.05, 0) is 38.8 Å². The summed E-state index contributed by atoms with van der Waals surface area (Å²) in [4.78, 5) is 24.8. The smallest absolute Gasteiger partial charge is 0.443 e. The van der Waals surface area contributed by atoms with Gasteiger partial charge in [0.1, 0.15) is 5.60 Å². The Balaban J connectivity index is 2.23. The van der Waals surface area contributed by atoms with Gasteiger partial charge in [0.25, 0.3) is 0 Å². The molecule has 132 valence electrons. The highest BCUT2D eigenvalue weighted by Crippen LogP contribution is 2.29. The second kappa shape index (κ2) is 6.33. The summed E-state index contributed by atoms with van der Waals surface area (Å²) in [6, 6.07) is 6.01. The van der Waals surface area contributed by atoms with Crippen molar-refractivity contribution < 1.29 is 27.5 Å². The number of nitrogens with zero attached hydrogens (tertiary/aromatic N) is 1. The van der Waals surface area contributed by atoms with Crippen LogP contribution in [0, 0.1) is 0 Å². The third-order valence-electron chi connectivity index (χ3n) is 3.36. The molecule has 1 N–H and O–H groups in total. The first-order valence-electron chi connectivity index (χ1n) is 7.43. The normalized spacial score (nSPS) is 17.9. The largest absolute Gasteiger partial charge is 0.471 e. The molecule has 0 aliphatic carbocycles. The molecular weight excluding hydrogens is 325 g/mol. The number of anilines is 1. The molecule has 1 aromatic rings. The van der Waals surface area contributed by atoms with E-state index in [4.69, 9.17) is 4.74 Å². The Morgan fingerprint density at radius 1 is 1.21 bits per heavy atom. The predicted octanol–water partition coefficient (Wildman–Crippen LogP) is 3.03. The van der Waals surface area contributed by atoms with Crippen LogP contribution in [-0.4, -0.2) is 36.4 Å². The molecule has 0 saturated heterocycles. The first kappa shape index (κ1) is 18.1. The van der Waals surface area contributed by atoms with Crippen LogP contribution in [0.25, 0.3) is 0 Å². The Bertz CT molecular complexity index is 638. The molecule has 0 unspecified atom stereocenters. The van der Waals surface area contributed by atoms with E-state index in [1.54, 1.807) is 45.0 Å². The van der Waals surface area contributed by atoms with Gasteiger partial charge in [-0.3, -0.25) is 9.69 Å². The fourth-order valence-corrected chi connectivity index (χ4v) is 2.45. The van der Waals surface area contributed by atoms with Gasteiger partial charge in [-0.1, -0.05) is 18.2 Å². The van der Waals surface area contributed by atoms with Gasteiger partial charge in [-0.25, -0.2) is 4.79 Å². The molecule has 2 rings (SSSR count). The Morgan fingerprint density at radius 2 is 1.83 bits per heavy atom. The van der Waals surface area contributed by atoms with Crippen molar-refractivity contribution in [2.45, 2.75) is 45.0 Å². The van der Waals surface area contributed by atoms with Crippen molar-refractivity contribution in [3.8, 4) is 0 Å². The summed E-state index contributed by atoms with van der Waals surface area (Å²) in [5, 5.41) is 1.93. The van der Waals surface area contributed by atoms with Gasteiger partial charge < -0.3 is 10.1 Å². The quantitative estimate of drug-likeness (QED) is 0.852. The first-order valence-corrected chi connectivity index (χ1v) is 7.43. The van der Waals surface area contributed by atoms with E-state index >= 15 is 0 Å². The molecule has 5 nitrogen and oxygen atoms in total. The zero-order valence-electron chi connectivity index (χ0n) is 13.6. The second-order valence-corrected chi connectivity index (χ2v) is 6.59. The second-order valence-electron chi connectivity index (χ2n) is 6.59. The van der Waals surface area contributed by atoms with E-state index in [1.165, 1.54) is 4.90 Å². The van der Waals surface area contributed by atoms with E-state index in [-0.39, 0.29) is 13.0 Å². The van der Waals surface area contributed by atoms with Crippen LogP contribution >= 0.6 is 0 Å². The van der Waals surface area contributed by atoms with E-state index in [2.05, 4.69) is 0 Å². The fraction of sp³-hybridized carbons (Fsp3) is 0.500. The molecule has 8 heteroatoms. The highest BCUT2D eigenvalue weighted by molar-refractivity contribution is 5.90. The zero-order chi connectivity index (χ0) is 18.1. The van der Waals surface area contributed by atoms with Crippen LogP contribution in [0.1, 0.15) is 26.3 Å². The third kappa shape index (κ3) is 4.39. The topological polar surface area (TPSA) is 58.6 Å². The minimum absolute atomic E-state index is 0.0895. The lowest BCUT2D eigenvalue weighted by Gasteiger charge is -2.36. The van der Waals surface area contributed by atoms with Crippen molar-refractivity contribution in [2.24, 2.45) is 0 Å². The molecule has 1 aromatic carbocycles. The number of alkyl halides is 3. The predicted molar refractivity (Wildman–Crippen MR) is 81.7 cm³/mol. The lowest BCUT2D eigenvalue weighted by atomic mass is 9.98. The molecular formula is C16H19F3N2O3. The number of para-hydroxylation sites is 1. The first-order chi connectivity index (χ1) is 11.0. The summed E-state index contributed by atoms with van der Waals surface area (Å²) < 4.78 is 42.7. The molecule has 0 saturated carbocycles. The summed E-state index contributed by atoms with van der Waals surface area (Å²) in [5.41, 5.74) is 0.500. The number of halogens is 3. The SMILES string of the molecule is CC(C)(C)OC(=O)N1C[C@H](NC(=O)C(F)(F)F)Cc2ccccc21. The molecule has 0 radical (unpaired) electrons. The van der Waals surface area contributed by atoms with Gasteiger partial charge in [0.2, 0.25) is 0 Å². The summed E-state index contributed by atoms with van der Waals surface area (Å²) in [6.07, 6.45) is -5.42. The van der Waals surface area contributed by atoms with Crippen molar-refractivity contribution >= 4 is 17.7 Å². The van der Waals surface area contributed by atoms with Crippen LogP contribution < -0.4 is 10.2 Å². The summed E-state index contributed by atoms with van der Waals surface area (Å²) in [7, 11) is 0. The Kier molecular flexibility index (Phi) is 4.77. The number of nitrogens with one attached hydrogen (secondary N) is 1. The van der Waals surface area contributed by atoms with Crippen LogP contribution in [0.5, 0.6) is 0 Å². The molecule has 1 aliphatic rings. The molecule has 2 amide bonds. The summed E-state index contributed by atoms with van der Waals surface area (Å²) >= 11 is 0. The van der Waals surface area contributed by atoms with Gasteiger partial charge in [0.15, 0.2) is 0 Å². The van der Waals surface area contributed by atoms with Gasteiger partial charge >= 0.3 is 18.2 Å². The van der Waals surface area contributed by atoms with E-state index < -0.39 is 29.8 Å². The van der Waals surface area contributed by atoms with Crippen LogP contribution in [0.3, 0.4) is 0 Å². The van der Waals surface area contributed by atoms with Crippen LogP contribution in [0.4, 0.5) is 23.7 Å². The molecule has 0 spiro atoms. The Morgan fingerprint density at radius 3 is 2.42 bits per heavy atom. The van der Waals surface area contributed by atoms with E-state index in [0.29, 0.717) is 11.3 Å².